The van der Waals surface area contributed by atoms with E-state index in [9.17, 15) is 9.18 Å². The zero-order valence-corrected chi connectivity index (χ0v) is 15.7. The van der Waals surface area contributed by atoms with Crippen LogP contribution in [0.2, 0.25) is 5.02 Å². The fourth-order valence-corrected chi connectivity index (χ4v) is 3.51. The molecule has 1 aliphatic heterocycles. The zero-order chi connectivity index (χ0) is 18.5. The average Bonchev–Trinajstić information content (AvgIpc) is 2.63. The molecule has 26 heavy (non-hydrogen) atoms. The summed E-state index contributed by atoms with van der Waals surface area (Å²) < 4.78 is 13.8. The summed E-state index contributed by atoms with van der Waals surface area (Å²) in [7, 11) is 0. The maximum atomic E-state index is 13.8. The minimum absolute atomic E-state index is 0.00670. The molecule has 0 spiro atoms. The smallest absolute Gasteiger partial charge is 0.224 e. The van der Waals surface area contributed by atoms with E-state index < -0.39 is 5.82 Å². The molecule has 1 fully saturated rings. The predicted molar refractivity (Wildman–Crippen MR) is 104 cm³/mol. The van der Waals surface area contributed by atoms with Gasteiger partial charge in [-0.1, -0.05) is 36.7 Å². The number of hydrogen-bond acceptors (Lipinski definition) is 2. The van der Waals surface area contributed by atoms with Crippen molar-refractivity contribution in [2.75, 3.05) is 18.0 Å². The molecule has 0 radical (unpaired) electrons. The largest absolute Gasteiger partial charge is 0.371 e. The normalized spacial score (nSPS) is 17.2. The van der Waals surface area contributed by atoms with Gasteiger partial charge in [-0.05, 0) is 54.2 Å². The minimum atomic E-state index is -0.451. The van der Waals surface area contributed by atoms with Gasteiger partial charge >= 0.3 is 0 Å². The van der Waals surface area contributed by atoms with E-state index in [0.717, 1.165) is 24.6 Å². The highest BCUT2D eigenvalue weighted by Crippen LogP contribution is 2.23. The molecule has 1 saturated heterocycles. The van der Waals surface area contributed by atoms with Crippen molar-refractivity contribution in [3.63, 3.8) is 0 Å². The standard InChI is InChI=1S/C21H24ClFN2O/c1-15-3-2-10-25(14-15)19-8-4-16(5-9-19)13-24-21(26)11-17-6-7-18(22)12-20(17)23/h4-9,12,15H,2-3,10-11,13-14H2,1H3,(H,24,26)/t15-/m1/s1. The molecule has 2 aromatic carbocycles. The molecule has 1 amide bonds. The summed E-state index contributed by atoms with van der Waals surface area (Å²) >= 11 is 5.73. The van der Waals surface area contributed by atoms with Crippen LogP contribution in [0.3, 0.4) is 0 Å². The highest BCUT2D eigenvalue weighted by atomic mass is 35.5. The fourth-order valence-electron chi connectivity index (χ4n) is 3.35. The average molecular weight is 375 g/mol. The second-order valence-corrected chi connectivity index (χ2v) is 7.49. The second kappa shape index (κ2) is 8.54. The third-order valence-electron chi connectivity index (χ3n) is 4.81. The van der Waals surface area contributed by atoms with Gasteiger partial charge in [-0.15, -0.1) is 0 Å². The number of benzene rings is 2. The number of nitrogens with one attached hydrogen (secondary N) is 1. The topological polar surface area (TPSA) is 32.3 Å². The monoisotopic (exact) mass is 374 g/mol. The van der Waals surface area contributed by atoms with E-state index in [0.29, 0.717) is 17.1 Å². The van der Waals surface area contributed by atoms with Gasteiger partial charge in [-0.25, -0.2) is 4.39 Å². The van der Waals surface area contributed by atoms with Crippen LogP contribution in [0.1, 0.15) is 30.9 Å². The van der Waals surface area contributed by atoms with Crippen molar-refractivity contribution in [1.82, 2.24) is 5.32 Å². The van der Waals surface area contributed by atoms with Gasteiger partial charge in [0.15, 0.2) is 0 Å². The molecule has 3 nitrogen and oxygen atoms in total. The number of nitrogens with zero attached hydrogens (tertiary/aromatic N) is 1. The molecule has 3 rings (SSSR count). The molecule has 0 aliphatic carbocycles. The van der Waals surface area contributed by atoms with Crippen LogP contribution < -0.4 is 10.2 Å². The van der Waals surface area contributed by atoms with E-state index in [2.05, 4.69) is 29.3 Å². The molecule has 1 atom stereocenters. The Kier molecular flexibility index (Phi) is 6.15. The van der Waals surface area contributed by atoms with Gasteiger partial charge in [0.1, 0.15) is 5.82 Å². The summed E-state index contributed by atoms with van der Waals surface area (Å²) in [6.07, 6.45) is 2.54. The Bertz CT molecular complexity index is 763. The van der Waals surface area contributed by atoms with Crippen molar-refractivity contribution in [3.8, 4) is 0 Å². The van der Waals surface area contributed by atoms with Gasteiger partial charge in [0.2, 0.25) is 5.91 Å². The van der Waals surface area contributed by atoms with E-state index in [1.54, 1.807) is 12.1 Å². The molecular weight excluding hydrogens is 351 g/mol. The van der Waals surface area contributed by atoms with Crippen molar-refractivity contribution in [2.45, 2.75) is 32.7 Å². The maximum absolute atomic E-state index is 13.8. The number of piperidine rings is 1. The number of carbonyl (C=O) groups excluding carboxylic acids is 1. The van der Waals surface area contributed by atoms with Crippen LogP contribution in [0.15, 0.2) is 42.5 Å². The molecule has 5 heteroatoms. The number of rotatable bonds is 5. The van der Waals surface area contributed by atoms with Crippen LogP contribution in [-0.2, 0) is 17.8 Å². The predicted octanol–water partition coefficient (Wildman–Crippen LogP) is 4.57. The Morgan fingerprint density at radius 2 is 2.04 bits per heavy atom. The number of halogens is 2. The number of carbonyl (C=O) groups is 1. The first-order chi connectivity index (χ1) is 12.5. The van der Waals surface area contributed by atoms with Crippen molar-refractivity contribution in [3.05, 3.63) is 64.4 Å². The first-order valence-corrected chi connectivity index (χ1v) is 9.43. The maximum Gasteiger partial charge on any atom is 0.224 e. The van der Waals surface area contributed by atoms with Gasteiger partial charge in [0, 0.05) is 30.3 Å². The van der Waals surface area contributed by atoms with Gasteiger partial charge < -0.3 is 10.2 Å². The summed E-state index contributed by atoms with van der Waals surface area (Å²) in [5, 5.41) is 3.17. The summed E-state index contributed by atoms with van der Waals surface area (Å²) in [6, 6.07) is 12.7. The molecule has 138 valence electrons. The van der Waals surface area contributed by atoms with Crippen LogP contribution in [0.5, 0.6) is 0 Å². The Labute approximate surface area is 159 Å². The molecule has 2 aromatic rings. The van der Waals surface area contributed by atoms with Gasteiger partial charge in [0.05, 0.1) is 6.42 Å². The molecule has 1 heterocycles. The molecule has 0 saturated carbocycles. The lowest BCUT2D eigenvalue weighted by Gasteiger charge is -2.32. The van der Waals surface area contributed by atoms with E-state index >= 15 is 0 Å². The van der Waals surface area contributed by atoms with E-state index in [-0.39, 0.29) is 12.3 Å². The van der Waals surface area contributed by atoms with E-state index in [1.807, 2.05) is 12.1 Å². The third kappa shape index (κ3) is 4.98. The van der Waals surface area contributed by atoms with Gasteiger partial charge in [-0.3, -0.25) is 4.79 Å². The summed E-state index contributed by atoms with van der Waals surface area (Å²) in [5.74, 6) is 0.0731. The van der Waals surface area contributed by atoms with Crippen LogP contribution in [0.25, 0.3) is 0 Å². The van der Waals surface area contributed by atoms with Crippen molar-refractivity contribution in [1.29, 1.82) is 0 Å². The van der Waals surface area contributed by atoms with Gasteiger partial charge in [0.25, 0.3) is 0 Å². The molecule has 1 aliphatic rings. The van der Waals surface area contributed by atoms with Crippen LogP contribution in [0.4, 0.5) is 10.1 Å². The Morgan fingerprint density at radius 1 is 1.27 bits per heavy atom. The second-order valence-electron chi connectivity index (χ2n) is 7.05. The van der Waals surface area contributed by atoms with E-state index in [4.69, 9.17) is 11.6 Å². The van der Waals surface area contributed by atoms with Crippen LogP contribution >= 0.6 is 11.6 Å². The lowest BCUT2D eigenvalue weighted by Crippen LogP contribution is -2.34. The van der Waals surface area contributed by atoms with Crippen molar-refractivity contribution < 1.29 is 9.18 Å². The Hall–Kier alpha value is -2.07. The first kappa shape index (κ1) is 18.7. The first-order valence-electron chi connectivity index (χ1n) is 9.06. The lowest BCUT2D eigenvalue weighted by atomic mass is 9.99. The number of anilines is 1. The van der Waals surface area contributed by atoms with E-state index in [1.165, 1.54) is 24.6 Å². The highest BCUT2D eigenvalue weighted by molar-refractivity contribution is 6.30. The highest BCUT2D eigenvalue weighted by Gasteiger charge is 2.16. The van der Waals surface area contributed by atoms with Gasteiger partial charge in [-0.2, -0.15) is 0 Å². The van der Waals surface area contributed by atoms with Crippen LogP contribution in [0, 0.1) is 11.7 Å². The Balaban J connectivity index is 1.52. The minimum Gasteiger partial charge on any atom is -0.371 e. The lowest BCUT2D eigenvalue weighted by molar-refractivity contribution is -0.120. The number of hydrogen-bond donors (Lipinski definition) is 1. The third-order valence-corrected chi connectivity index (χ3v) is 5.05. The summed E-state index contributed by atoms with van der Waals surface area (Å²) in [6.45, 7) is 4.93. The molecule has 0 aromatic heterocycles. The molecule has 0 bridgehead atoms. The quantitative estimate of drug-likeness (QED) is 0.831. The molecular formula is C21H24ClFN2O. The summed E-state index contributed by atoms with van der Waals surface area (Å²) in [5.41, 5.74) is 2.61. The Morgan fingerprint density at radius 3 is 2.73 bits per heavy atom. The molecule has 1 N–H and O–H groups in total. The fraction of sp³-hybridized carbons (Fsp3) is 0.381. The van der Waals surface area contributed by atoms with Crippen molar-refractivity contribution >= 4 is 23.2 Å². The van der Waals surface area contributed by atoms with Crippen molar-refractivity contribution in [2.24, 2.45) is 5.92 Å². The molecule has 0 unspecified atom stereocenters. The SMILES string of the molecule is C[C@@H]1CCCN(c2ccc(CNC(=O)Cc3ccc(Cl)cc3F)cc2)C1. The van der Waals surface area contributed by atoms with Crippen LogP contribution in [-0.4, -0.2) is 19.0 Å². The number of amides is 1. The zero-order valence-electron chi connectivity index (χ0n) is 15.0. The summed E-state index contributed by atoms with van der Waals surface area (Å²) in [4.78, 5) is 14.5.